The molecule has 0 radical (unpaired) electrons. The van der Waals surface area contributed by atoms with E-state index in [0.717, 1.165) is 0 Å². The number of sulfonamides is 1. The van der Waals surface area contributed by atoms with Crippen LogP contribution in [0.25, 0.3) is 0 Å². The van der Waals surface area contributed by atoms with Crippen molar-refractivity contribution in [3.8, 4) is 0 Å². The Morgan fingerprint density at radius 1 is 1.20 bits per heavy atom. The maximum absolute atomic E-state index is 12.8. The summed E-state index contributed by atoms with van der Waals surface area (Å²) in [6.07, 6.45) is 1.07. The molecule has 1 fully saturated rings. The Labute approximate surface area is 179 Å². The Morgan fingerprint density at radius 2 is 1.93 bits per heavy atom. The van der Waals surface area contributed by atoms with Crippen molar-refractivity contribution in [2.24, 2.45) is 0 Å². The fourth-order valence-corrected chi connectivity index (χ4v) is 5.20. The summed E-state index contributed by atoms with van der Waals surface area (Å²) in [5, 5.41) is 16.7. The second-order valence-corrected chi connectivity index (χ2v) is 9.02. The third-order valence-electron chi connectivity index (χ3n) is 4.76. The van der Waals surface area contributed by atoms with Gasteiger partial charge in [-0.3, -0.25) is 14.9 Å². The summed E-state index contributed by atoms with van der Waals surface area (Å²) < 4.78 is 26.9. The number of hydrogen-bond donors (Lipinski definition) is 2. The fraction of sp³-hybridized carbons (Fsp3) is 0.316. The van der Waals surface area contributed by atoms with Crippen molar-refractivity contribution in [1.29, 1.82) is 0 Å². The van der Waals surface area contributed by atoms with E-state index in [9.17, 15) is 23.3 Å². The number of carbonyl (C=O) groups is 1. The molecule has 2 aromatic rings. The largest absolute Gasteiger partial charge is 0.382 e. The van der Waals surface area contributed by atoms with E-state index in [2.05, 4.69) is 10.6 Å². The van der Waals surface area contributed by atoms with Crippen molar-refractivity contribution in [3.05, 3.63) is 63.7 Å². The van der Waals surface area contributed by atoms with Gasteiger partial charge < -0.3 is 10.6 Å². The number of rotatable bonds is 8. The van der Waals surface area contributed by atoms with Gasteiger partial charge in [0.05, 0.1) is 20.5 Å². The van der Waals surface area contributed by atoms with Gasteiger partial charge in [-0.25, -0.2) is 8.42 Å². The molecule has 0 saturated carbocycles. The van der Waals surface area contributed by atoms with Gasteiger partial charge in [-0.15, -0.1) is 0 Å². The van der Waals surface area contributed by atoms with Gasteiger partial charge in [0.15, 0.2) is 0 Å². The number of carbonyl (C=O) groups excluding carboxylic acids is 1. The lowest BCUT2D eigenvalue weighted by Crippen LogP contribution is -2.46. The smallest absolute Gasteiger partial charge is 0.271 e. The standard InChI is InChI=1S/C19H21ClN4O5S/c20-16-13-14(24(26)27)8-9-17(16)21-10-11-22-19(25)18-7-4-12-23(18)30(28,29)15-5-2-1-3-6-15/h1-3,5-6,8-9,13,18,21H,4,7,10-12H2,(H,22,25). The SMILES string of the molecule is O=C(NCCNc1ccc([N+](=O)[O-])cc1Cl)C1CCCN1S(=O)(=O)c1ccccc1. The van der Waals surface area contributed by atoms with Crippen LogP contribution in [0.3, 0.4) is 0 Å². The third-order valence-corrected chi connectivity index (χ3v) is 6.99. The summed E-state index contributed by atoms with van der Waals surface area (Å²) in [6, 6.07) is 11.4. The summed E-state index contributed by atoms with van der Waals surface area (Å²) in [7, 11) is -3.74. The van der Waals surface area contributed by atoms with Gasteiger partial charge in [-0.1, -0.05) is 29.8 Å². The quantitative estimate of drug-likeness (QED) is 0.360. The molecule has 0 spiro atoms. The molecule has 0 aromatic heterocycles. The van der Waals surface area contributed by atoms with Crippen molar-refractivity contribution >= 4 is 38.9 Å². The number of nitrogens with one attached hydrogen (secondary N) is 2. The molecular weight excluding hydrogens is 432 g/mol. The second-order valence-electron chi connectivity index (χ2n) is 6.73. The number of non-ortho nitro benzene ring substituents is 1. The first-order chi connectivity index (χ1) is 14.3. The topological polar surface area (TPSA) is 122 Å². The van der Waals surface area contributed by atoms with Gasteiger partial charge in [-0.05, 0) is 31.0 Å². The van der Waals surface area contributed by atoms with E-state index in [4.69, 9.17) is 11.6 Å². The van der Waals surface area contributed by atoms with Crippen LogP contribution in [0.2, 0.25) is 5.02 Å². The molecule has 2 N–H and O–H groups in total. The zero-order chi connectivity index (χ0) is 21.7. The highest BCUT2D eigenvalue weighted by Crippen LogP contribution is 2.27. The van der Waals surface area contributed by atoms with Crippen LogP contribution < -0.4 is 10.6 Å². The molecule has 9 nitrogen and oxygen atoms in total. The van der Waals surface area contributed by atoms with Gasteiger partial charge in [0.1, 0.15) is 6.04 Å². The number of hydrogen-bond acceptors (Lipinski definition) is 6. The number of nitrogens with zero attached hydrogens (tertiary/aromatic N) is 2. The minimum atomic E-state index is -3.74. The van der Waals surface area contributed by atoms with E-state index in [1.807, 2.05) is 0 Å². The minimum Gasteiger partial charge on any atom is -0.382 e. The average molecular weight is 453 g/mol. The summed E-state index contributed by atoms with van der Waals surface area (Å²) in [5.41, 5.74) is 0.394. The third kappa shape index (κ3) is 4.89. The summed E-state index contributed by atoms with van der Waals surface area (Å²) in [6.45, 7) is 0.856. The fourth-order valence-electron chi connectivity index (χ4n) is 3.28. The Bertz CT molecular complexity index is 1030. The first-order valence-electron chi connectivity index (χ1n) is 9.33. The summed E-state index contributed by atoms with van der Waals surface area (Å²) in [4.78, 5) is 23.0. The molecule has 11 heteroatoms. The summed E-state index contributed by atoms with van der Waals surface area (Å²) in [5.74, 6) is -0.358. The predicted molar refractivity (Wildman–Crippen MR) is 113 cm³/mol. The monoisotopic (exact) mass is 452 g/mol. The zero-order valence-corrected chi connectivity index (χ0v) is 17.5. The van der Waals surface area contributed by atoms with E-state index in [1.54, 1.807) is 18.2 Å². The highest BCUT2D eigenvalue weighted by molar-refractivity contribution is 7.89. The molecule has 1 amide bonds. The van der Waals surface area contributed by atoms with Crippen LogP contribution in [0.4, 0.5) is 11.4 Å². The Kier molecular flexibility index (Phi) is 6.91. The Morgan fingerprint density at radius 3 is 2.60 bits per heavy atom. The lowest BCUT2D eigenvalue weighted by atomic mass is 10.2. The van der Waals surface area contributed by atoms with E-state index < -0.39 is 21.0 Å². The van der Waals surface area contributed by atoms with Gasteiger partial charge in [0.25, 0.3) is 5.69 Å². The Balaban J connectivity index is 1.55. The second kappa shape index (κ2) is 9.41. The number of benzene rings is 2. The van der Waals surface area contributed by atoms with Crippen LogP contribution in [-0.4, -0.2) is 49.2 Å². The van der Waals surface area contributed by atoms with Gasteiger partial charge in [-0.2, -0.15) is 4.31 Å². The highest BCUT2D eigenvalue weighted by Gasteiger charge is 2.39. The molecule has 1 atom stereocenters. The lowest BCUT2D eigenvalue weighted by Gasteiger charge is -2.23. The molecule has 0 aliphatic carbocycles. The first kappa shape index (κ1) is 22.0. The molecule has 1 aliphatic heterocycles. The first-order valence-corrected chi connectivity index (χ1v) is 11.1. The molecule has 2 aromatic carbocycles. The van der Waals surface area contributed by atoms with E-state index >= 15 is 0 Å². The van der Waals surface area contributed by atoms with Gasteiger partial charge in [0.2, 0.25) is 15.9 Å². The maximum Gasteiger partial charge on any atom is 0.271 e. The molecule has 1 heterocycles. The number of anilines is 1. The number of amides is 1. The zero-order valence-electron chi connectivity index (χ0n) is 16.0. The number of halogens is 1. The lowest BCUT2D eigenvalue weighted by molar-refractivity contribution is -0.384. The van der Waals surface area contributed by atoms with Crippen LogP contribution >= 0.6 is 11.6 Å². The van der Waals surface area contributed by atoms with E-state index in [-0.39, 0.29) is 28.1 Å². The average Bonchev–Trinajstić information content (AvgIpc) is 3.23. The van der Waals surface area contributed by atoms with Crippen molar-refractivity contribution < 1.29 is 18.1 Å². The van der Waals surface area contributed by atoms with Crippen LogP contribution in [0.1, 0.15) is 12.8 Å². The predicted octanol–water partition coefficient (Wildman–Crippen LogP) is 2.63. The van der Waals surface area contributed by atoms with Gasteiger partial charge in [0, 0.05) is 31.8 Å². The number of nitro benzene ring substituents is 1. The molecule has 1 unspecified atom stereocenters. The van der Waals surface area contributed by atoms with Crippen LogP contribution in [0.5, 0.6) is 0 Å². The molecule has 0 bridgehead atoms. The van der Waals surface area contributed by atoms with Crippen LogP contribution in [0, 0.1) is 10.1 Å². The Hall–Kier alpha value is -2.69. The van der Waals surface area contributed by atoms with Crippen LogP contribution in [-0.2, 0) is 14.8 Å². The molecule has 1 aliphatic rings. The maximum atomic E-state index is 12.8. The number of nitro groups is 1. The van der Waals surface area contributed by atoms with Crippen molar-refractivity contribution in [1.82, 2.24) is 9.62 Å². The van der Waals surface area contributed by atoms with E-state index in [0.29, 0.717) is 31.6 Å². The highest BCUT2D eigenvalue weighted by atomic mass is 35.5. The van der Waals surface area contributed by atoms with Crippen molar-refractivity contribution in [2.75, 3.05) is 25.0 Å². The molecule has 30 heavy (non-hydrogen) atoms. The van der Waals surface area contributed by atoms with Crippen molar-refractivity contribution in [2.45, 2.75) is 23.8 Å². The van der Waals surface area contributed by atoms with Gasteiger partial charge >= 0.3 is 0 Å². The molecule has 1 saturated heterocycles. The normalized spacial score (nSPS) is 16.9. The molecule has 160 valence electrons. The van der Waals surface area contributed by atoms with Crippen molar-refractivity contribution in [3.63, 3.8) is 0 Å². The van der Waals surface area contributed by atoms with Crippen LogP contribution in [0.15, 0.2) is 53.4 Å². The molecular formula is C19H21ClN4O5S. The minimum absolute atomic E-state index is 0.111. The molecule has 3 rings (SSSR count). The summed E-state index contributed by atoms with van der Waals surface area (Å²) >= 11 is 6.02. The van der Waals surface area contributed by atoms with E-state index in [1.165, 1.54) is 34.6 Å².